The number of rotatable bonds is 5. The summed E-state index contributed by atoms with van der Waals surface area (Å²) in [5.41, 5.74) is 5.71. The first-order valence-electron chi connectivity index (χ1n) is 18.7. The van der Waals surface area contributed by atoms with Crippen LogP contribution in [-0.4, -0.2) is 121 Å². The first-order chi connectivity index (χ1) is 24.0. The van der Waals surface area contributed by atoms with Gasteiger partial charge in [0.05, 0.1) is 12.2 Å². The van der Waals surface area contributed by atoms with E-state index in [1.807, 2.05) is 46.4 Å². The van der Waals surface area contributed by atoms with Gasteiger partial charge in [0.2, 0.25) is 0 Å². The molecule has 2 bridgehead atoms. The van der Waals surface area contributed by atoms with Gasteiger partial charge in [0.1, 0.15) is 11.2 Å². The summed E-state index contributed by atoms with van der Waals surface area (Å²) in [7, 11) is 0. The molecule has 11 heteroatoms. The van der Waals surface area contributed by atoms with Crippen LogP contribution in [-0.2, 0) is 27.3 Å². The molecule has 4 heterocycles. The fourth-order valence-corrected chi connectivity index (χ4v) is 7.41. The van der Waals surface area contributed by atoms with Gasteiger partial charge >= 0.3 is 12.2 Å². The fraction of sp³-hybridized carbons (Fsp3) is 0.659. The Bertz CT molecular complexity index is 1480. The Hall–Kier alpha value is -2.86. The largest absolute Gasteiger partial charge is 0.444 e. The molecule has 0 aliphatic carbocycles. The Morgan fingerprint density at radius 2 is 1.12 bits per heavy atom. The number of fused-ring (bicyclic) bond motifs is 2. The second-order valence-corrected chi connectivity index (χ2v) is 17.4. The van der Waals surface area contributed by atoms with Gasteiger partial charge < -0.3 is 28.9 Å². The lowest BCUT2D eigenvalue weighted by Gasteiger charge is -2.36. The summed E-state index contributed by atoms with van der Waals surface area (Å²) in [6, 6.07) is 13.3. The van der Waals surface area contributed by atoms with Crippen molar-refractivity contribution in [3.63, 3.8) is 0 Å². The van der Waals surface area contributed by atoms with Crippen molar-refractivity contribution in [1.29, 1.82) is 0 Å². The van der Waals surface area contributed by atoms with Gasteiger partial charge in [0, 0.05) is 88.7 Å². The molecule has 290 valence electrons. The maximum absolute atomic E-state index is 12.3. The van der Waals surface area contributed by atoms with Crippen molar-refractivity contribution in [1.82, 2.24) is 19.6 Å². The van der Waals surface area contributed by atoms with E-state index in [1.54, 1.807) is 4.90 Å². The zero-order valence-electron chi connectivity index (χ0n) is 32.2. The molecule has 52 heavy (non-hydrogen) atoms. The molecule has 6 rings (SSSR count). The highest BCUT2D eigenvalue weighted by atomic mass is 79.9. The fourth-order valence-electron chi connectivity index (χ4n) is 6.99. The summed E-state index contributed by atoms with van der Waals surface area (Å²) < 4.78 is 18.1. The summed E-state index contributed by atoms with van der Waals surface area (Å²) in [5.74, 6) is 0. The maximum Gasteiger partial charge on any atom is 0.410 e. The Labute approximate surface area is 321 Å². The minimum Gasteiger partial charge on any atom is -0.444 e. The molecule has 0 aromatic heterocycles. The number of morpholine rings is 1. The average Bonchev–Trinajstić information content (AvgIpc) is 3.40. The van der Waals surface area contributed by atoms with Crippen molar-refractivity contribution in [2.75, 3.05) is 70.3 Å². The molecule has 0 radical (unpaired) electrons. The van der Waals surface area contributed by atoms with E-state index in [2.05, 4.69) is 80.9 Å². The lowest BCUT2D eigenvalue weighted by molar-refractivity contribution is 0.0129. The number of amides is 2. The predicted molar refractivity (Wildman–Crippen MR) is 213 cm³/mol. The molecule has 2 aromatic rings. The normalized spacial score (nSPS) is 21.2. The first-order valence-corrected chi connectivity index (χ1v) is 19.5. The number of halogens is 1. The lowest BCUT2D eigenvalue weighted by Crippen LogP contribution is -2.49. The third kappa shape index (κ3) is 12.4. The molecule has 2 amide bonds. The van der Waals surface area contributed by atoms with Gasteiger partial charge in [-0.05, 0) is 103 Å². The molecule has 0 spiro atoms. The molecular formula is C41H64BrN5O5. The van der Waals surface area contributed by atoms with Gasteiger partial charge in [-0.15, -0.1) is 0 Å². The van der Waals surface area contributed by atoms with Crippen molar-refractivity contribution in [3.05, 3.63) is 63.1 Å². The summed E-state index contributed by atoms with van der Waals surface area (Å²) in [5, 5.41) is 0. The Morgan fingerprint density at radius 3 is 1.54 bits per heavy atom. The van der Waals surface area contributed by atoms with Crippen LogP contribution in [0.25, 0.3) is 0 Å². The molecular weight excluding hydrogens is 722 g/mol. The highest BCUT2D eigenvalue weighted by Crippen LogP contribution is 2.32. The molecule has 4 saturated heterocycles. The maximum atomic E-state index is 12.3. The van der Waals surface area contributed by atoms with E-state index in [9.17, 15) is 9.59 Å². The van der Waals surface area contributed by atoms with E-state index in [0.717, 1.165) is 83.0 Å². The second-order valence-electron chi connectivity index (χ2n) is 16.6. The van der Waals surface area contributed by atoms with Crippen LogP contribution in [0.4, 0.5) is 15.3 Å². The number of carbonyl (C=O) groups excluding carboxylic acids is 2. The van der Waals surface area contributed by atoms with Crippen LogP contribution in [0.2, 0.25) is 0 Å². The summed E-state index contributed by atoms with van der Waals surface area (Å²) in [6.45, 7) is 26.0. The van der Waals surface area contributed by atoms with Crippen LogP contribution in [0.1, 0.15) is 84.1 Å². The topological polar surface area (TPSA) is 78.0 Å². The van der Waals surface area contributed by atoms with E-state index in [0.29, 0.717) is 12.2 Å². The number of carbonyl (C=O) groups is 2. The second kappa shape index (κ2) is 18.0. The number of ether oxygens (including phenoxy) is 3. The minimum absolute atomic E-state index is 0. The van der Waals surface area contributed by atoms with Crippen LogP contribution < -0.4 is 4.90 Å². The smallest absolute Gasteiger partial charge is 0.410 e. The van der Waals surface area contributed by atoms with E-state index >= 15 is 0 Å². The summed E-state index contributed by atoms with van der Waals surface area (Å²) in [4.78, 5) is 35.2. The standard InChI is InChI=1S/C23H35N3O3.C17H25BrN2O2.CH4/c1-17-5-6-18(13-21(17)26-15-19-7-8-20(16-26)28-19)14-24-9-11-25(12-10-24)22(27)29-23(2,3)4;1-13-5-6-14(11-15(13)18)12-19-7-9-20(10-8-19)16(21)22-17(2,3)4;/h5-6,13,19-20H,7-12,14-16H2,1-4H3;5-6,11H,7-10,12H2,1-4H3;1H4. The van der Waals surface area contributed by atoms with E-state index in [-0.39, 0.29) is 19.6 Å². The third-order valence-corrected chi connectivity index (χ3v) is 10.6. The van der Waals surface area contributed by atoms with Gasteiger partial charge in [-0.1, -0.05) is 47.6 Å². The van der Waals surface area contributed by atoms with E-state index in [4.69, 9.17) is 14.2 Å². The van der Waals surface area contributed by atoms with Crippen molar-refractivity contribution >= 4 is 33.8 Å². The lowest BCUT2D eigenvalue weighted by atomic mass is 10.1. The van der Waals surface area contributed by atoms with Gasteiger partial charge in [0.15, 0.2) is 0 Å². The number of nitrogens with zero attached hydrogens (tertiary/aromatic N) is 5. The number of benzene rings is 2. The van der Waals surface area contributed by atoms with Gasteiger partial charge in [-0.25, -0.2) is 9.59 Å². The van der Waals surface area contributed by atoms with Crippen molar-refractivity contribution < 1.29 is 23.8 Å². The monoisotopic (exact) mass is 785 g/mol. The van der Waals surface area contributed by atoms with Gasteiger partial charge in [0.25, 0.3) is 0 Å². The number of piperazine rings is 2. The molecule has 2 atom stereocenters. The summed E-state index contributed by atoms with van der Waals surface area (Å²) >= 11 is 3.58. The van der Waals surface area contributed by atoms with Crippen LogP contribution in [0.5, 0.6) is 0 Å². The van der Waals surface area contributed by atoms with Crippen molar-refractivity contribution in [3.8, 4) is 0 Å². The molecule has 10 nitrogen and oxygen atoms in total. The van der Waals surface area contributed by atoms with Crippen LogP contribution in [0.15, 0.2) is 40.9 Å². The Balaban J connectivity index is 0.000000237. The highest BCUT2D eigenvalue weighted by Gasteiger charge is 2.34. The van der Waals surface area contributed by atoms with Crippen LogP contribution in [0.3, 0.4) is 0 Å². The van der Waals surface area contributed by atoms with Crippen LogP contribution >= 0.6 is 15.9 Å². The predicted octanol–water partition coefficient (Wildman–Crippen LogP) is 7.86. The number of aryl methyl sites for hydroxylation is 2. The van der Waals surface area contributed by atoms with Crippen LogP contribution in [0, 0.1) is 13.8 Å². The van der Waals surface area contributed by atoms with Crippen molar-refractivity contribution in [2.24, 2.45) is 0 Å². The number of hydrogen-bond acceptors (Lipinski definition) is 8. The SMILES string of the molecule is C.Cc1ccc(CN2CCN(C(=O)OC(C)(C)C)CC2)cc1Br.Cc1ccc(CN2CCN(C(=O)OC(C)(C)C)CC2)cc1N1CC2CCC(C1)O2. The molecule has 4 fully saturated rings. The highest BCUT2D eigenvalue weighted by molar-refractivity contribution is 9.10. The number of hydrogen-bond donors (Lipinski definition) is 0. The minimum atomic E-state index is -0.439. The van der Waals surface area contributed by atoms with E-state index < -0.39 is 11.2 Å². The third-order valence-electron chi connectivity index (χ3n) is 9.75. The summed E-state index contributed by atoms with van der Waals surface area (Å²) in [6.07, 6.45) is 2.79. The molecule has 0 N–H and O–H groups in total. The quantitative estimate of drug-likeness (QED) is 0.304. The zero-order valence-corrected chi connectivity index (χ0v) is 33.8. The molecule has 2 unspecified atom stereocenters. The van der Waals surface area contributed by atoms with E-state index in [1.165, 1.54) is 40.8 Å². The van der Waals surface area contributed by atoms with Crippen molar-refractivity contribution in [2.45, 2.75) is 112 Å². The molecule has 2 aromatic carbocycles. The van der Waals surface area contributed by atoms with Gasteiger partial charge in [-0.2, -0.15) is 0 Å². The number of anilines is 1. The average molecular weight is 787 g/mol. The van der Waals surface area contributed by atoms with Gasteiger partial charge in [-0.3, -0.25) is 9.80 Å². The zero-order chi connectivity index (χ0) is 36.9. The Kier molecular flexibility index (Phi) is 14.5. The Morgan fingerprint density at radius 1 is 0.692 bits per heavy atom. The molecule has 0 saturated carbocycles. The molecule has 4 aliphatic heterocycles. The molecule has 4 aliphatic rings. The first kappa shape index (κ1) is 41.9.